The number of halogens is 3. The molecule has 34 heavy (non-hydrogen) atoms. The molecule has 1 aliphatic rings. The standard InChI is InChI=1S/C26H29F3N2O2S/c1-16(2)15-31-24-22(23(32)30(3)25(31)33)19(13-12-17-8-4-5-9-17)21(34-24)14-18-10-6-7-11-20(18)26(27,28)29/h6-7,10-13,16-17H,4-5,8-9,14-15H2,1-3H3/b13-12+. The molecule has 0 spiro atoms. The Hall–Kier alpha value is -2.61. The van der Waals surface area contributed by atoms with Gasteiger partial charge in [-0.15, -0.1) is 11.3 Å². The largest absolute Gasteiger partial charge is 0.416 e. The van der Waals surface area contributed by atoms with E-state index in [0.717, 1.165) is 36.3 Å². The van der Waals surface area contributed by atoms with Gasteiger partial charge in [0.1, 0.15) is 4.83 Å². The fraction of sp³-hybridized carbons (Fsp3) is 0.462. The molecule has 1 fully saturated rings. The monoisotopic (exact) mass is 490 g/mol. The molecule has 1 aliphatic carbocycles. The van der Waals surface area contributed by atoms with E-state index in [0.29, 0.717) is 33.1 Å². The predicted molar refractivity (Wildman–Crippen MR) is 131 cm³/mol. The summed E-state index contributed by atoms with van der Waals surface area (Å²) < 4.78 is 43.7. The van der Waals surface area contributed by atoms with Crippen molar-refractivity contribution < 1.29 is 13.2 Å². The molecule has 1 aromatic carbocycles. The Bertz CT molecular complexity index is 1340. The summed E-state index contributed by atoms with van der Waals surface area (Å²) in [5.41, 5.74) is -0.682. The highest BCUT2D eigenvalue weighted by atomic mass is 32.1. The van der Waals surface area contributed by atoms with E-state index in [4.69, 9.17) is 0 Å². The van der Waals surface area contributed by atoms with Crippen molar-refractivity contribution in [2.75, 3.05) is 0 Å². The molecular weight excluding hydrogens is 461 g/mol. The maximum absolute atomic E-state index is 13.7. The molecule has 8 heteroatoms. The molecular formula is C26H29F3N2O2S. The van der Waals surface area contributed by atoms with Gasteiger partial charge < -0.3 is 0 Å². The van der Waals surface area contributed by atoms with Crippen molar-refractivity contribution >= 4 is 27.6 Å². The minimum Gasteiger partial charge on any atom is -0.284 e. The zero-order chi connectivity index (χ0) is 24.6. The lowest BCUT2D eigenvalue weighted by Crippen LogP contribution is -2.38. The van der Waals surface area contributed by atoms with Crippen molar-refractivity contribution in [2.24, 2.45) is 18.9 Å². The number of allylic oxidation sites excluding steroid dienone is 1. The molecule has 1 saturated carbocycles. The number of rotatable bonds is 6. The summed E-state index contributed by atoms with van der Waals surface area (Å²) >= 11 is 1.26. The lowest BCUT2D eigenvalue weighted by atomic mass is 9.99. The highest BCUT2D eigenvalue weighted by molar-refractivity contribution is 7.19. The van der Waals surface area contributed by atoms with Gasteiger partial charge in [0.15, 0.2) is 0 Å². The van der Waals surface area contributed by atoms with E-state index in [1.165, 1.54) is 30.5 Å². The minimum absolute atomic E-state index is 0.0401. The number of hydrogen-bond donors (Lipinski definition) is 0. The maximum atomic E-state index is 13.7. The van der Waals surface area contributed by atoms with Crippen LogP contribution in [0.2, 0.25) is 0 Å². The van der Waals surface area contributed by atoms with E-state index in [1.807, 2.05) is 19.9 Å². The van der Waals surface area contributed by atoms with E-state index >= 15 is 0 Å². The van der Waals surface area contributed by atoms with Crippen LogP contribution in [0, 0.1) is 11.8 Å². The van der Waals surface area contributed by atoms with Gasteiger partial charge in [0.05, 0.1) is 10.9 Å². The number of benzene rings is 1. The molecule has 0 amide bonds. The van der Waals surface area contributed by atoms with Crippen LogP contribution in [0.1, 0.15) is 61.1 Å². The Morgan fingerprint density at radius 1 is 1.15 bits per heavy atom. The molecule has 4 nitrogen and oxygen atoms in total. The van der Waals surface area contributed by atoms with Crippen LogP contribution in [0.15, 0.2) is 39.9 Å². The zero-order valence-electron chi connectivity index (χ0n) is 19.6. The summed E-state index contributed by atoms with van der Waals surface area (Å²) in [4.78, 5) is 27.4. The Morgan fingerprint density at radius 3 is 2.47 bits per heavy atom. The Balaban J connectivity index is 1.95. The average Bonchev–Trinajstić information content (AvgIpc) is 3.41. The fourth-order valence-electron chi connectivity index (χ4n) is 4.74. The van der Waals surface area contributed by atoms with Crippen LogP contribution in [0.4, 0.5) is 13.2 Å². The number of thiophene rings is 1. The molecule has 182 valence electrons. The molecule has 2 aromatic heterocycles. The second kappa shape index (κ2) is 9.56. The number of nitrogens with zero attached hydrogens (tertiary/aromatic N) is 2. The van der Waals surface area contributed by atoms with E-state index < -0.39 is 23.0 Å². The quantitative estimate of drug-likeness (QED) is 0.411. The maximum Gasteiger partial charge on any atom is 0.416 e. The second-order valence-electron chi connectivity index (χ2n) is 9.51. The molecule has 4 rings (SSSR count). The molecule has 0 aliphatic heterocycles. The van der Waals surface area contributed by atoms with Crippen molar-refractivity contribution in [3.63, 3.8) is 0 Å². The number of alkyl halides is 3. The topological polar surface area (TPSA) is 44.0 Å². The Morgan fingerprint density at radius 2 is 1.82 bits per heavy atom. The second-order valence-corrected chi connectivity index (χ2v) is 10.6. The number of aromatic nitrogens is 2. The summed E-state index contributed by atoms with van der Waals surface area (Å²) in [6.45, 7) is 4.39. The van der Waals surface area contributed by atoms with Crippen LogP contribution < -0.4 is 11.2 Å². The number of fused-ring (bicyclic) bond motifs is 1. The van der Waals surface area contributed by atoms with Gasteiger partial charge in [0.25, 0.3) is 5.56 Å². The minimum atomic E-state index is -4.47. The number of hydrogen-bond acceptors (Lipinski definition) is 3. The van der Waals surface area contributed by atoms with Crippen LogP contribution in [0.3, 0.4) is 0 Å². The van der Waals surface area contributed by atoms with Crippen LogP contribution in [-0.2, 0) is 26.2 Å². The summed E-state index contributed by atoms with van der Waals surface area (Å²) in [5.74, 6) is 0.558. The molecule has 0 bridgehead atoms. The van der Waals surface area contributed by atoms with Crippen molar-refractivity contribution in [1.29, 1.82) is 0 Å². The predicted octanol–water partition coefficient (Wildman–Crippen LogP) is 6.23. The zero-order valence-corrected chi connectivity index (χ0v) is 20.4. The lowest BCUT2D eigenvalue weighted by molar-refractivity contribution is -0.138. The van der Waals surface area contributed by atoms with Gasteiger partial charge in [-0.3, -0.25) is 13.9 Å². The fourth-order valence-corrected chi connectivity index (χ4v) is 6.04. The van der Waals surface area contributed by atoms with Gasteiger partial charge in [-0.2, -0.15) is 13.2 Å². The third kappa shape index (κ3) is 4.78. The summed E-state index contributed by atoms with van der Waals surface area (Å²) in [7, 11) is 1.46. The lowest BCUT2D eigenvalue weighted by Gasteiger charge is -2.12. The van der Waals surface area contributed by atoms with Crippen molar-refractivity contribution in [1.82, 2.24) is 9.13 Å². The van der Waals surface area contributed by atoms with Crippen molar-refractivity contribution in [3.05, 3.63) is 72.7 Å². The van der Waals surface area contributed by atoms with Crippen LogP contribution in [0.5, 0.6) is 0 Å². The van der Waals surface area contributed by atoms with E-state index in [-0.39, 0.29) is 17.9 Å². The van der Waals surface area contributed by atoms with Crippen LogP contribution in [-0.4, -0.2) is 9.13 Å². The van der Waals surface area contributed by atoms with Crippen LogP contribution in [0.25, 0.3) is 16.3 Å². The molecule has 0 radical (unpaired) electrons. The molecule has 2 heterocycles. The normalized spacial score (nSPS) is 15.4. The van der Waals surface area contributed by atoms with Gasteiger partial charge in [-0.25, -0.2) is 4.79 Å². The first kappa shape index (κ1) is 24.5. The summed E-state index contributed by atoms with van der Waals surface area (Å²) in [5, 5.41) is 0.418. The van der Waals surface area contributed by atoms with Gasteiger partial charge in [0, 0.05) is 30.5 Å². The Labute approximate surface area is 200 Å². The first-order valence-electron chi connectivity index (χ1n) is 11.7. The van der Waals surface area contributed by atoms with E-state index in [9.17, 15) is 22.8 Å². The molecule has 3 aromatic rings. The van der Waals surface area contributed by atoms with Gasteiger partial charge >= 0.3 is 11.9 Å². The van der Waals surface area contributed by atoms with Gasteiger partial charge in [0.2, 0.25) is 0 Å². The molecule has 0 unspecified atom stereocenters. The smallest absolute Gasteiger partial charge is 0.284 e. The van der Waals surface area contributed by atoms with E-state index in [2.05, 4.69) is 6.08 Å². The molecule has 0 N–H and O–H groups in total. The van der Waals surface area contributed by atoms with Crippen molar-refractivity contribution in [3.8, 4) is 0 Å². The van der Waals surface area contributed by atoms with Crippen LogP contribution >= 0.6 is 11.3 Å². The van der Waals surface area contributed by atoms with E-state index in [1.54, 1.807) is 10.6 Å². The SMILES string of the molecule is CC(C)Cn1c(=O)n(C)c(=O)c2c(/C=C/C3CCCC3)c(Cc3ccccc3C(F)(F)F)sc21. The summed E-state index contributed by atoms with van der Waals surface area (Å²) in [6.07, 6.45) is 4.02. The third-order valence-corrected chi connectivity index (χ3v) is 7.67. The first-order valence-corrected chi connectivity index (χ1v) is 12.5. The Kier molecular flexibility index (Phi) is 6.90. The molecule has 0 atom stereocenters. The average molecular weight is 491 g/mol. The highest BCUT2D eigenvalue weighted by Crippen LogP contribution is 2.37. The van der Waals surface area contributed by atoms with Gasteiger partial charge in [-0.1, -0.05) is 57.0 Å². The highest BCUT2D eigenvalue weighted by Gasteiger charge is 2.33. The first-order chi connectivity index (χ1) is 16.1. The molecule has 0 saturated heterocycles. The van der Waals surface area contributed by atoms with Gasteiger partial charge in [-0.05, 0) is 36.3 Å². The van der Waals surface area contributed by atoms with Crippen molar-refractivity contribution in [2.45, 2.75) is 58.7 Å². The third-order valence-electron chi connectivity index (χ3n) is 6.44. The summed E-state index contributed by atoms with van der Waals surface area (Å²) in [6, 6.07) is 5.55.